The molecule has 0 unspecified atom stereocenters. The molecule has 0 spiro atoms. The van der Waals surface area contributed by atoms with E-state index in [0.29, 0.717) is 49.5 Å². The number of rotatable bonds is 4. The zero-order valence-corrected chi connectivity index (χ0v) is 15.5. The average Bonchev–Trinajstić information content (AvgIpc) is 3.35. The largest absolute Gasteiger partial charge is 0.378 e. The lowest BCUT2D eigenvalue weighted by atomic mass is 10.2. The van der Waals surface area contributed by atoms with Gasteiger partial charge in [-0.15, -0.1) is 0 Å². The van der Waals surface area contributed by atoms with Crippen LogP contribution in [0, 0.1) is 6.92 Å². The van der Waals surface area contributed by atoms with Gasteiger partial charge in [0.1, 0.15) is 0 Å². The van der Waals surface area contributed by atoms with E-state index in [9.17, 15) is 4.79 Å². The highest BCUT2D eigenvalue weighted by Gasteiger charge is 2.29. The molecule has 0 N–H and O–H groups in total. The lowest BCUT2D eigenvalue weighted by Gasteiger charge is -2.26. The average molecular weight is 380 g/mol. The predicted molar refractivity (Wildman–Crippen MR) is 98.1 cm³/mol. The Hall–Kier alpha value is -3.07. The Bertz CT molecular complexity index is 999. The quantitative estimate of drug-likeness (QED) is 0.682. The minimum Gasteiger partial charge on any atom is -0.378 e. The molecule has 2 fully saturated rings. The van der Waals surface area contributed by atoms with Gasteiger partial charge in [0, 0.05) is 25.2 Å². The fraction of sp³-hybridized carbons (Fsp3) is 0.421. The zero-order valence-electron chi connectivity index (χ0n) is 15.5. The minimum atomic E-state index is -0.0258. The Morgan fingerprint density at radius 3 is 2.71 bits per heavy atom. The number of morpholine rings is 1. The first kappa shape index (κ1) is 17.1. The van der Waals surface area contributed by atoms with E-state index in [1.807, 2.05) is 19.1 Å². The van der Waals surface area contributed by atoms with Crippen molar-refractivity contribution in [3.8, 4) is 17.3 Å². The van der Waals surface area contributed by atoms with Gasteiger partial charge in [0.15, 0.2) is 11.6 Å². The van der Waals surface area contributed by atoms with Crippen LogP contribution in [0.2, 0.25) is 0 Å². The molecule has 28 heavy (non-hydrogen) atoms. The number of ether oxygens (including phenoxy) is 1. The van der Waals surface area contributed by atoms with E-state index >= 15 is 0 Å². The van der Waals surface area contributed by atoms with E-state index in [1.165, 1.54) is 0 Å². The Balaban J connectivity index is 1.37. The van der Waals surface area contributed by atoms with Crippen molar-refractivity contribution in [2.75, 3.05) is 26.3 Å². The molecule has 4 heterocycles. The van der Waals surface area contributed by atoms with Crippen molar-refractivity contribution in [3.63, 3.8) is 0 Å². The molecule has 0 aromatic carbocycles. The maximum absolute atomic E-state index is 12.7. The van der Waals surface area contributed by atoms with E-state index in [-0.39, 0.29) is 5.91 Å². The highest BCUT2D eigenvalue weighted by atomic mass is 16.5. The lowest BCUT2D eigenvalue weighted by molar-refractivity contribution is 0.0302. The first-order valence-corrected chi connectivity index (χ1v) is 9.43. The molecule has 1 saturated carbocycles. The highest BCUT2D eigenvalue weighted by molar-refractivity contribution is 5.95. The van der Waals surface area contributed by atoms with E-state index in [4.69, 9.17) is 9.26 Å². The van der Waals surface area contributed by atoms with E-state index in [2.05, 4.69) is 20.2 Å². The third-order valence-electron chi connectivity index (χ3n) is 5.13. The first-order valence-electron chi connectivity index (χ1n) is 9.43. The number of carbonyl (C=O) groups is 1. The van der Waals surface area contributed by atoms with Gasteiger partial charge in [-0.2, -0.15) is 10.1 Å². The van der Waals surface area contributed by atoms with Crippen LogP contribution in [0.1, 0.15) is 40.6 Å². The Morgan fingerprint density at radius 1 is 1.18 bits per heavy atom. The summed E-state index contributed by atoms with van der Waals surface area (Å²) < 4.78 is 12.3. The standard InChI is InChI=1S/C19H20N6O3/c1-12-15(19(26)24-6-8-27-9-7-24)11-21-25(12)16-5-4-14(10-20-16)18-22-17(23-28-18)13-2-3-13/h4-5,10-11,13H,2-3,6-9H2,1H3. The number of hydrogen-bond acceptors (Lipinski definition) is 7. The summed E-state index contributed by atoms with van der Waals surface area (Å²) in [7, 11) is 0. The van der Waals surface area contributed by atoms with Gasteiger partial charge in [0.25, 0.3) is 11.8 Å². The minimum absolute atomic E-state index is 0.0258. The number of hydrogen-bond donors (Lipinski definition) is 0. The van der Waals surface area contributed by atoms with E-state index in [1.54, 1.807) is 22.0 Å². The summed E-state index contributed by atoms with van der Waals surface area (Å²) in [6, 6.07) is 3.70. The molecule has 1 aliphatic heterocycles. The second-order valence-corrected chi connectivity index (χ2v) is 7.10. The van der Waals surface area contributed by atoms with Gasteiger partial charge in [-0.25, -0.2) is 9.67 Å². The first-order chi connectivity index (χ1) is 13.7. The molecule has 2 aliphatic rings. The predicted octanol–water partition coefficient (Wildman–Crippen LogP) is 1.98. The molecular formula is C19H20N6O3. The molecule has 0 atom stereocenters. The second kappa shape index (κ2) is 6.83. The molecule has 0 radical (unpaired) electrons. The molecular weight excluding hydrogens is 360 g/mol. The third-order valence-corrected chi connectivity index (χ3v) is 5.13. The number of pyridine rings is 1. The highest BCUT2D eigenvalue weighted by Crippen LogP contribution is 2.38. The smallest absolute Gasteiger partial charge is 0.259 e. The van der Waals surface area contributed by atoms with Crippen molar-refractivity contribution in [2.45, 2.75) is 25.7 Å². The van der Waals surface area contributed by atoms with Crippen molar-refractivity contribution in [3.05, 3.63) is 41.6 Å². The number of nitrogens with zero attached hydrogens (tertiary/aromatic N) is 6. The lowest BCUT2D eigenvalue weighted by Crippen LogP contribution is -2.40. The van der Waals surface area contributed by atoms with Crippen molar-refractivity contribution < 1.29 is 14.1 Å². The van der Waals surface area contributed by atoms with Gasteiger partial charge in [-0.3, -0.25) is 4.79 Å². The SMILES string of the molecule is Cc1c(C(=O)N2CCOCC2)cnn1-c1ccc(-c2nc(C3CC3)no2)cn1. The summed E-state index contributed by atoms with van der Waals surface area (Å²) in [5.41, 5.74) is 2.10. The van der Waals surface area contributed by atoms with Crippen LogP contribution in [0.4, 0.5) is 0 Å². The molecule has 3 aromatic rings. The Labute approximate surface area is 161 Å². The summed E-state index contributed by atoms with van der Waals surface area (Å²) in [6.07, 6.45) is 5.53. The molecule has 1 aliphatic carbocycles. The summed E-state index contributed by atoms with van der Waals surface area (Å²) >= 11 is 0. The molecule has 1 saturated heterocycles. The van der Waals surface area contributed by atoms with E-state index < -0.39 is 0 Å². The number of carbonyl (C=O) groups excluding carboxylic acids is 1. The summed E-state index contributed by atoms with van der Waals surface area (Å²) in [5, 5.41) is 8.40. The summed E-state index contributed by atoms with van der Waals surface area (Å²) in [5.74, 6) is 2.29. The van der Waals surface area contributed by atoms with Crippen molar-refractivity contribution >= 4 is 5.91 Å². The van der Waals surface area contributed by atoms with Crippen LogP contribution in [0.3, 0.4) is 0 Å². The van der Waals surface area contributed by atoms with Crippen molar-refractivity contribution in [1.29, 1.82) is 0 Å². The van der Waals surface area contributed by atoms with Crippen LogP contribution >= 0.6 is 0 Å². The molecule has 1 amide bonds. The van der Waals surface area contributed by atoms with Crippen LogP contribution in [0.25, 0.3) is 17.3 Å². The monoisotopic (exact) mass is 380 g/mol. The van der Waals surface area contributed by atoms with Crippen LogP contribution in [0.5, 0.6) is 0 Å². The van der Waals surface area contributed by atoms with Crippen molar-refractivity contribution in [2.24, 2.45) is 0 Å². The fourth-order valence-corrected chi connectivity index (χ4v) is 3.28. The van der Waals surface area contributed by atoms with Crippen LogP contribution in [-0.4, -0.2) is 62.0 Å². The molecule has 9 heteroatoms. The molecule has 144 valence electrons. The zero-order chi connectivity index (χ0) is 19.1. The van der Waals surface area contributed by atoms with Gasteiger partial charge >= 0.3 is 0 Å². The van der Waals surface area contributed by atoms with Gasteiger partial charge in [-0.1, -0.05) is 5.16 Å². The number of aromatic nitrogens is 5. The van der Waals surface area contributed by atoms with Gasteiger partial charge in [0.2, 0.25) is 0 Å². The van der Waals surface area contributed by atoms with Gasteiger partial charge in [-0.05, 0) is 31.9 Å². The summed E-state index contributed by atoms with van der Waals surface area (Å²) in [4.78, 5) is 23.4. The van der Waals surface area contributed by atoms with Crippen LogP contribution in [0.15, 0.2) is 29.0 Å². The topological polar surface area (TPSA) is 99.2 Å². The Morgan fingerprint density at radius 2 is 2.00 bits per heavy atom. The van der Waals surface area contributed by atoms with Gasteiger partial charge in [0.05, 0.1) is 36.2 Å². The normalized spacial score (nSPS) is 17.1. The fourth-order valence-electron chi connectivity index (χ4n) is 3.28. The van der Waals surface area contributed by atoms with Crippen molar-refractivity contribution in [1.82, 2.24) is 29.8 Å². The van der Waals surface area contributed by atoms with E-state index in [0.717, 1.165) is 29.9 Å². The van der Waals surface area contributed by atoms with Crippen LogP contribution in [-0.2, 0) is 4.74 Å². The number of amides is 1. The maximum Gasteiger partial charge on any atom is 0.259 e. The maximum atomic E-state index is 12.7. The molecule has 5 rings (SSSR count). The van der Waals surface area contributed by atoms with Crippen LogP contribution < -0.4 is 0 Å². The Kier molecular flexibility index (Phi) is 4.16. The molecule has 3 aromatic heterocycles. The molecule has 9 nitrogen and oxygen atoms in total. The summed E-state index contributed by atoms with van der Waals surface area (Å²) in [6.45, 7) is 4.21. The van der Waals surface area contributed by atoms with Gasteiger partial charge < -0.3 is 14.2 Å². The second-order valence-electron chi connectivity index (χ2n) is 7.10. The third kappa shape index (κ3) is 3.07. The molecule has 0 bridgehead atoms.